The van der Waals surface area contributed by atoms with Gasteiger partial charge in [-0.3, -0.25) is 14.7 Å². The topological polar surface area (TPSA) is 36.4 Å². The van der Waals surface area contributed by atoms with Gasteiger partial charge in [-0.05, 0) is 41.8 Å². The summed E-state index contributed by atoms with van der Waals surface area (Å²) in [6.45, 7) is 3.76. The first kappa shape index (κ1) is 17.5. The van der Waals surface area contributed by atoms with Crippen molar-refractivity contribution in [2.24, 2.45) is 0 Å². The van der Waals surface area contributed by atoms with Gasteiger partial charge < -0.3 is 4.90 Å². The van der Waals surface area contributed by atoms with E-state index in [2.05, 4.69) is 9.88 Å². The lowest BCUT2D eigenvalue weighted by Crippen LogP contribution is -2.49. The maximum atomic E-state index is 13.2. The fourth-order valence-corrected chi connectivity index (χ4v) is 2.99. The number of piperazine rings is 1. The summed E-state index contributed by atoms with van der Waals surface area (Å²) >= 11 is 0. The lowest BCUT2D eigenvalue weighted by molar-refractivity contribution is -0.132. The van der Waals surface area contributed by atoms with Crippen molar-refractivity contribution in [3.8, 4) is 0 Å². The minimum atomic E-state index is -0.815. The van der Waals surface area contributed by atoms with Crippen molar-refractivity contribution in [2.75, 3.05) is 32.7 Å². The van der Waals surface area contributed by atoms with Gasteiger partial charge in [0.05, 0.1) is 6.42 Å². The first-order chi connectivity index (χ1) is 12.1. The molecule has 0 N–H and O–H groups in total. The lowest BCUT2D eigenvalue weighted by atomic mass is 10.1. The van der Waals surface area contributed by atoms with E-state index in [9.17, 15) is 13.6 Å². The number of aromatic nitrogens is 1. The number of pyridine rings is 1. The molecule has 132 valence electrons. The number of hydrogen-bond donors (Lipinski definition) is 0. The third kappa shape index (κ3) is 4.82. The number of hydrogen-bond acceptors (Lipinski definition) is 3. The molecule has 1 aromatic carbocycles. The molecule has 1 aromatic heterocycles. The van der Waals surface area contributed by atoms with Crippen LogP contribution in [0.5, 0.6) is 0 Å². The Hall–Kier alpha value is -2.34. The molecule has 0 saturated carbocycles. The second kappa shape index (κ2) is 8.16. The molecular weight excluding hydrogens is 324 g/mol. The molecule has 6 heteroatoms. The first-order valence-corrected chi connectivity index (χ1v) is 8.45. The van der Waals surface area contributed by atoms with Crippen molar-refractivity contribution in [1.82, 2.24) is 14.8 Å². The van der Waals surface area contributed by atoms with E-state index in [4.69, 9.17) is 0 Å². The van der Waals surface area contributed by atoms with Crippen molar-refractivity contribution < 1.29 is 13.6 Å². The highest BCUT2D eigenvalue weighted by molar-refractivity contribution is 5.78. The molecule has 2 heterocycles. The molecule has 0 unspecified atom stereocenters. The van der Waals surface area contributed by atoms with E-state index in [0.717, 1.165) is 30.8 Å². The van der Waals surface area contributed by atoms with E-state index in [1.807, 2.05) is 17.0 Å². The van der Waals surface area contributed by atoms with Crippen LogP contribution in [0, 0.1) is 11.6 Å². The molecule has 1 aliphatic rings. The van der Waals surface area contributed by atoms with Crippen LogP contribution >= 0.6 is 0 Å². The maximum absolute atomic E-state index is 13.2. The Morgan fingerprint density at radius 1 is 0.960 bits per heavy atom. The second-order valence-corrected chi connectivity index (χ2v) is 6.25. The zero-order valence-electron chi connectivity index (χ0n) is 14.0. The van der Waals surface area contributed by atoms with E-state index < -0.39 is 11.6 Å². The standard InChI is InChI=1S/C19H21F2N3O/c20-17-2-1-15(13-18(17)21)5-8-23-9-11-24(12-10-23)19(25)14-16-3-6-22-7-4-16/h1-4,6-7,13H,5,8-12,14H2. The molecule has 2 aromatic rings. The van der Waals surface area contributed by atoms with Gasteiger partial charge in [-0.1, -0.05) is 6.07 Å². The fourth-order valence-electron chi connectivity index (χ4n) is 2.99. The molecular formula is C19H21F2N3O. The Bertz CT molecular complexity index is 716. The molecule has 0 spiro atoms. The number of amides is 1. The third-order valence-corrected chi connectivity index (χ3v) is 4.53. The van der Waals surface area contributed by atoms with Crippen LogP contribution in [0.4, 0.5) is 8.78 Å². The lowest BCUT2D eigenvalue weighted by Gasteiger charge is -2.34. The molecule has 0 bridgehead atoms. The number of benzene rings is 1. The quantitative estimate of drug-likeness (QED) is 0.834. The zero-order valence-corrected chi connectivity index (χ0v) is 14.0. The molecule has 4 nitrogen and oxygen atoms in total. The van der Waals surface area contributed by atoms with Gasteiger partial charge in [-0.2, -0.15) is 0 Å². The number of rotatable bonds is 5. The van der Waals surface area contributed by atoms with Gasteiger partial charge in [0.15, 0.2) is 11.6 Å². The largest absolute Gasteiger partial charge is 0.340 e. The Labute approximate surface area is 146 Å². The fraction of sp³-hybridized carbons (Fsp3) is 0.368. The SMILES string of the molecule is O=C(Cc1ccncc1)N1CCN(CCc2ccc(F)c(F)c2)CC1. The number of carbonyl (C=O) groups is 1. The molecule has 25 heavy (non-hydrogen) atoms. The zero-order chi connectivity index (χ0) is 17.6. The predicted octanol–water partition coefficient (Wildman–Crippen LogP) is 2.29. The second-order valence-electron chi connectivity index (χ2n) is 6.25. The highest BCUT2D eigenvalue weighted by atomic mass is 19.2. The van der Waals surface area contributed by atoms with Crippen molar-refractivity contribution in [3.05, 3.63) is 65.5 Å². The smallest absolute Gasteiger partial charge is 0.227 e. The third-order valence-electron chi connectivity index (χ3n) is 4.53. The summed E-state index contributed by atoms with van der Waals surface area (Å²) in [6.07, 6.45) is 4.46. The van der Waals surface area contributed by atoms with Gasteiger partial charge in [-0.15, -0.1) is 0 Å². The van der Waals surface area contributed by atoms with Crippen LogP contribution in [-0.4, -0.2) is 53.4 Å². The van der Waals surface area contributed by atoms with Crippen LogP contribution in [0.15, 0.2) is 42.7 Å². The highest BCUT2D eigenvalue weighted by Crippen LogP contribution is 2.11. The van der Waals surface area contributed by atoms with Crippen molar-refractivity contribution >= 4 is 5.91 Å². The van der Waals surface area contributed by atoms with Crippen molar-refractivity contribution in [3.63, 3.8) is 0 Å². The summed E-state index contributed by atoms with van der Waals surface area (Å²) in [7, 11) is 0. The first-order valence-electron chi connectivity index (χ1n) is 8.45. The van der Waals surface area contributed by atoms with E-state index >= 15 is 0 Å². The summed E-state index contributed by atoms with van der Waals surface area (Å²) in [6, 6.07) is 7.75. The summed E-state index contributed by atoms with van der Waals surface area (Å²) in [4.78, 5) is 20.4. The van der Waals surface area contributed by atoms with Crippen LogP contribution < -0.4 is 0 Å². The van der Waals surface area contributed by atoms with Gasteiger partial charge in [0.25, 0.3) is 0 Å². The van der Waals surface area contributed by atoms with Gasteiger partial charge in [0.1, 0.15) is 0 Å². The molecule has 1 saturated heterocycles. The minimum Gasteiger partial charge on any atom is -0.340 e. The minimum absolute atomic E-state index is 0.131. The molecule has 0 aliphatic carbocycles. The Balaban J connectivity index is 1.43. The molecule has 3 rings (SSSR count). The van der Waals surface area contributed by atoms with Crippen molar-refractivity contribution in [1.29, 1.82) is 0 Å². The summed E-state index contributed by atoms with van der Waals surface area (Å²) in [5.74, 6) is -1.49. The van der Waals surface area contributed by atoms with Gasteiger partial charge in [0.2, 0.25) is 5.91 Å². The number of nitrogens with zero attached hydrogens (tertiary/aromatic N) is 3. The van der Waals surface area contributed by atoms with Crippen LogP contribution in [-0.2, 0) is 17.6 Å². The molecule has 0 atom stereocenters. The van der Waals surface area contributed by atoms with E-state index in [-0.39, 0.29) is 5.91 Å². The average Bonchev–Trinajstić information content (AvgIpc) is 2.64. The Morgan fingerprint density at radius 3 is 2.36 bits per heavy atom. The Kier molecular flexibility index (Phi) is 5.71. The summed E-state index contributed by atoms with van der Waals surface area (Å²) < 4.78 is 26.2. The van der Waals surface area contributed by atoms with E-state index in [0.29, 0.717) is 25.9 Å². The molecule has 1 fully saturated rings. The van der Waals surface area contributed by atoms with Gasteiger partial charge in [-0.25, -0.2) is 8.78 Å². The average molecular weight is 345 g/mol. The van der Waals surface area contributed by atoms with Gasteiger partial charge >= 0.3 is 0 Å². The van der Waals surface area contributed by atoms with Crippen LogP contribution in [0.1, 0.15) is 11.1 Å². The summed E-state index contributed by atoms with van der Waals surface area (Å²) in [5, 5.41) is 0. The highest BCUT2D eigenvalue weighted by Gasteiger charge is 2.21. The Morgan fingerprint density at radius 2 is 1.68 bits per heavy atom. The van der Waals surface area contributed by atoms with E-state index in [1.165, 1.54) is 12.1 Å². The van der Waals surface area contributed by atoms with Crippen molar-refractivity contribution in [2.45, 2.75) is 12.8 Å². The molecule has 1 aliphatic heterocycles. The van der Waals surface area contributed by atoms with Crippen LogP contribution in [0.3, 0.4) is 0 Å². The maximum Gasteiger partial charge on any atom is 0.227 e. The predicted molar refractivity (Wildman–Crippen MR) is 91.0 cm³/mol. The normalized spacial score (nSPS) is 15.4. The summed E-state index contributed by atoms with van der Waals surface area (Å²) in [5.41, 5.74) is 1.76. The number of carbonyl (C=O) groups excluding carboxylic acids is 1. The van der Waals surface area contributed by atoms with Gasteiger partial charge in [0, 0.05) is 45.1 Å². The molecule has 0 radical (unpaired) electrons. The monoisotopic (exact) mass is 345 g/mol. The van der Waals surface area contributed by atoms with Crippen LogP contribution in [0.25, 0.3) is 0 Å². The number of halogens is 2. The van der Waals surface area contributed by atoms with Crippen LogP contribution in [0.2, 0.25) is 0 Å². The van der Waals surface area contributed by atoms with E-state index in [1.54, 1.807) is 18.5 Å². The molecule has 1 amide bonds.